The number of hydrogen-bond donors (Lipinski definition) is 1. The van der Waals surface area contributed by atoms with Gasteiger partial charge in [-0.1, -0.05) is 39.0 Å². The van der Waals surface area contributed by atoms with Crippen molar-refractivity contribution in [2.24, 2.45) is 5.92 Å². The van der Waals surface area contributed by atoms with E-state index in [1.165, 1.54) is 16.8 Å². The van der Waals surface area contributed by atoms with Gasteiger partial charge in [-0.3, -0.25) is 0 Å². The van der Waals surface area contributed by atoms with Crippen molar-refractivity contribution >= 4 is 5.69 Å². The predicted molar refractivity (Wildman–Crippen MR) is 68.5 cm³/mol. The standard InChI is InChI=1S/C14H23N/c1-6-13-9-7-8-11(4)14(13)15-12(5)10(2)3/h7-10,12,15H,6H2,1-5H3. The van der Waals surface area contributed by atoms with Crippen molar-refractivity contribution in [3.8, 4) is 0 Å². The molecule has 0 fully saturated rings. The van der Waals surface area contributed by atoms with Crippen LogP contribution in [-0.4, -0.2) is 6.04 Å². The third-order valence-electron chi connectivity index (χ3n) is 3.11. The van der Waals surface area contributed by atoms with E-state index in [9.17, 15) is 0 Å². The van der Waals surface area contributed by atoms with Crippen molar-refractivity contribution < 1.29 is 0 Å². The van der Waals surface area contributed by atoms with Crippen LogP contribution in [0.2, 0.25) is 0 Å². The van der Waals surface area contributed by atoms with Crippen molar-refractivity contribution in [3.05, 3.63) is 29.3 Å². The van der Waals surface area contributed by atoms with Crippen LogP contribution in [0.15, 0.2) is 18.2 Å². The second-order valence-corrected chi connectivity index (χ2v) is 4.64. The minimum Gasteiger partial charge on any atom is -0.382 e. The van der Waals surface area contributed by atoms with E-state index in [1.54, 1.807) is 0 Å². The van der Waals surface area contributed by atoms with Crippen LogP contribution in [0.4, 0.5) is 5.69 Å². The van der Waals surface area contributed by atoms with Crippen molar-refractivity contribution in [1.82, 2.24) is 0 Å². The van der Waals surface area contributed by atoms with Crippen LogP contribution in [0, 0.1) is 12.8 Å². The molecule has 1 aromatic rings. The van der Waals surface area contributed by atoms with E-state index in [0.29, 0.717) is 12.0 Å². The molecule has 15 heavy (non-hydrogen) atoms. The van der Waals surface area contributed by atoms with E-state index in [-0.39, 0.29) is 0 Å². The van der Waals surface area contributed by atoms with Crippen molar-refractivity contribution in [2.45, 2.75) is 47.1 Å². The molecule has 0 saturated heterocycles. The monoisotopic (exact) mass is 205 g/mol. The number of para-hydroxylation sites is 1. The van der Waals surface area contributed by atoms with Gasteiger partial charge in [0.25, 0.3) is 0 Å². The van der Waals surface area contributed by atoms with Crippen LogP contribution in [0.5, 0.6) is 0 Å². The number of nitrogens with one attached hydrogen (secondary N) is 1. The number of benzene rings is 1. The average Bonchev–Trinajstić information content (AvgIpc) is 2.20. The summed E-state index contributed by atoms with van der Waals surface area (Å²) in [6, 6.07) is 7.05. The maximum atomic E-state index is 3.63. The molecule has 0 spiro atoms. The molecule has 84 valence electrons. The summed E-state index contributed by atoms with van der Waals surface area (Å²) in [4.78, 5) is 0. The van der Waals surface area contributed by atoms with Crippen LogP contribution < -0.4 is 5.32 Å². The van der Waals surface area contributed by atoms with Crippen LogP contribution in [0.3, 0.4) is 0 Å². The molecule has 1 unspecified atom stereocenters. The minimum absolute atomic E-state index is 0.524. The Balaban J connectivity index is 2.92. The van der Waals surface area contributed by atoms with Gasteiger partial charge in [-0.2, -0.15) is 0 Å². The van der Waals surface area contributed by atoms with Gasteiger partial charge < -0.3 is 5.32 Å². The summed E-state index contributed by atoms with van der Waals surface area (Å²) in [5.41, 5.74) is 4.10. The Morgan fingerprint density at radius 2 is 1.87 bits per heavy atom. The fraction of sp³-hybridized carbons (Fsp3) is 0.571. The lowest BCUT2D eigenvalue weighted by atomic mass is 10.0. The summed E-state index contributed by atoms with van der Waals surface area (Å²) in [6.07, 6.45) is 1.09. The second kappa shape index (κ2) is 5.20. The zero-order chi connectivity index (χ0) is 11.4. The molecule has 0 saturated carbocycles. The number of anilines is 1. The summed E-state index contributed by atoms with van der Waals surface area (Å²) in [5.74, 6) is 0.661. The van der Waals surface area contributed by atoms with Gasteiger partial charge in [0.2, 0.25) is 0 Å². The number of rotatable bonds is 4. The smallest absolute Gasteiger partial charge is 0.0404 e. The van der Waals surface area contributed by atoms with E-state index in [0.717, 1.165) is 6.42 Å². The Kier molecular flexibility index (Phi) is 4.19. The molecule has 0 amide bonds. The van der Waals surface area contributed by atoms with E-state index in [4.69, 9.17) is 0 Å². The molecule has 1 aromatic carbocycles. The van der Waals surface area contributed by atoms with Crippen LogP contribution in [-0.2, 0) is 6.42 Å². The Labute approximate surface area is 93.9 Å². The van der Waals surface area contributed by atoms with Gasteiger partial charge in [-0.15, -0.1) is 0 Å². The summed E-state index contributed by atoms with van der Waals surface area (Å²) >= 11 is 0. The van der Waals surface area contributed by atoms with Crippen LogP contribution in [0.25, 0.3) is 0 Å². The summed E-state index contributed by atoms with van der Waals surface area (Å²) in [7, 11) is 0. The molecule has 1 heteroatoms. The van der Waals surface area contributed by atoms with Gasteiger partial charge in [-0.25, -0.2) is 0 Å². The van der Waals surface area contributed by atoms with Crippen molar-refractivity contribution in [1.29, 1.82) is 0 Å². The molecule has 1 N–H and O–H groups in total. The molecular formula is C14H23N. The SMILES string of the molecule is CCc1cccc(C)c1NC(C)C(C)C. The van der Waals surface area contributed by atoms with Gasteiger partial charge in [0.15, 0.2) is 0 Å². The predicted octanol–water partition coefficient (Wildman–Crippen LogP) is 4.01. The summed E-state index contributed by atoms with van der Waals surface area (Å²) in [5, 5.41) is 3.63. The molecule has 1 rings (SSSR count). The quantitative estimate of drug-likeness (QED) is 0.783. The largest absolute Gasteiger partial charge is 0.382 e. The molecule has 1 nitrogen and oxygen atoms in total. The van der Waals surface area contributed by atoms with Crippen molar-refractivity contribution in [3.63, 3.8) is 0 Å². The Morgan fingerprint density at radius 3 is 2.40 bits per heavy atom. The third kappa shape index (κ3) is 2.98. The lowest BCUT2D eigenvalue weighted by Crippen LogP contribution is -2.22. The summed E-state index contributed by atoms with van der Waals surface area (Å²) in [6.45, 7) is 11.1. The van der Waals surface area contributed by atoms with Crippen molar-refractivity contribution in [2.75, 3.05) is 5.32 Å². The number of aryl methyl sites for hydroxylation is 2. The third-order valence-corrected chi connectivity index (χ3v) is 3.11. The first-order chi connectivity index (χ1) is 7.06. The zero-order valence-corrected chi connectivity index (χ0v) is 10.6. The van der Waals surface area contributed by atoms with Gasteiger partial charge in [0, 0.05) is 11.7 Å². The molecule has 0 bridgehead atoms. The zero-order valence-electron chi connectivity index (χ0n) is 10.6. The molecule has 0 aliphatic heterocycles. The minimum atomic E-state index is 0.524. The fourth-order valence-electron chi connectivity index (χ4n) is 1.62. The molecule has 1 atom stereocenters. The Hall–Kier alpha value is -0.980. The highest BCUT2D eigenvalue weighted by Gasteiger charge is 2.10. The van der Waals surface area contributed by atoms with E-state index < -0.39 is 0 Å². The molecule has 0 radical (unpaired) electrons. The normalized spacial score (nSPS) is 12.9. The van der Waals surface area contributed by atoms with Gasteiger partial charge in [-0.05, 0) is 37.3 Å². The molecule has 0 aliphatic rings. The lowest BCUT2D eigenvalue weighted by molar-refractivity contribution is 0.559. The number of hydrogen-bond acceptors (Lipinski definition) is 1. The Bertz CT molecular complexity index is 315. The highest BCUT2D eigenvalue weighted by atomic mass is 14.9. The van der Waals surface area contributed by atoms with E-state index in [1.807, 2.05) is 0 Å². The van der Waals surface area contributed by atoms with Gasteiger partial charge in [0.1, 0.15) is 0 Å². The first-order valence-corrected chi connectivity index (χ1v) is 5.91. The van der Waals surface area contributed by atoms with Gasteiger partial charge in [0.05, 0.1) is 0 Å². The van der Waals surface area contributed by atoms with Gasteiger partial charge >= 0.3 is 0 Å². The molecule has 0 aromatic heterocycles. The lowest BCUT2D eigenvalue weighted by Gasteiger charge is -2.22. The molecule has 0 aliphatic carbocycles. The van der Waals surface area contributed by atoms with Crippen LogP contribution in [0.1, 0.15) is 38.8 Å². The van der Waals surface area contributed by atoms with E-state index >= 15 is 0 Å². The maximum Gasteiger partial charge on any atom is 0.0404 e. The summed E-state index contributed by atoms with van der Waals surface area (Å²) < 4.78 is 0. The highest BCUT2D eigenvalue weighted by molar-refractivity contribution is 5.57. The fourth-order valence-corrected chi connectivity index (χ4v) is 1.62. The van der Waals surface area contributed by atoms with E-state index in [2.05, 4.69) is 58.1 Å². The second-order valence-electron chi connectivity index (χ2n) is 4.64. The average molecular weight is 205 g/mol. The molecular weight excluding hydrogens is 182 g/mol. The topological polar surface area (TPSA) is 12.0 Å². The maximum absolute atomic E-state index is 3.63. The highest BCUT2D eigenvalue weighted by Crippen LogP contribution is 2.23. The first kappa shape index (κ1) is 12.1. The Morgan fingerprint density at radius 1 is 1.20 bits per heavy atom. The molecule has 0 heterocycles. The first-order valence-electron chi connectivity index (χ1n) is 5.91. The van der Waals surface area contributed by atoms with Crippen LogP contribution >= 0.6 is 0 Å².